The molecule has 2 aromatic rings. The number of amides is 1. The summed E-state index contributed by atoms with van der Waals surface area (Å²) in [5, 5.41) is 8.47. The Morgan fingerprint density at radius 3 is 2.72 bits per heavy atom. The summed E-state index contributed by atoms with van der Waals surface area (Å²) in [5.41, 5.74) is 1.26. The third-order valence-electron chi connectivity index (χ3n) is 5.65. The Hall–Kier alpha value is -2.17. The molecule has 0 bridgehead atoms. The van der Waals surface area contributed by atoms with E-state index in [1.165, 1.54) is 18.4 Å². The van der Waals surface area contributed by atoms with Crippen LogP contribution in [0.15, 0.2) is 36.7 Å². The number of rotatable bonds is 5. The largest absolute Gasteiger partial charge is 0.342 e. The summed E-state index contributed by atoms with van der Waals surface area (Å²) in [4.78, 5) is 14.6. The van der Waals surface area contributed by atoms with E-state index >= 15 is 0 Å². The van der Waals surface area contributed by atoms with Crippen molar-refractivity contribution in [3.8, 4) is 0 Å². The minimum absolute atomic E-state index is 0.306. The SMILES string of the molecule is O=C(C1CCC1)N1CCCC(Cc2nncn2Cc2ccccc2)C1. The van der Waals surface area contributed by atoms with Crippen molar-refractivity contribution in [2.75, 3.05) is 13.1 Å². The first-order valence-electron chi connectivity index (χ1n) is 9.49. The quantitative estimate of drug-likeness (QED) is 0.842. The highest BCUT2D eigenvalue weighted by Gasteiger charge is 2.32. The summed E-state index contributed by atoms with van der Waals surface area (Å²) in [7, 11) is 0. The van der Waals surface area contributed by atoms with Gasteiger partial charge in [-0.3, -0.25) is 4.79 Å². The summed E-state index contributed by atoms with van der Waals surface area (Å²) in [6, 6.07) is 10.4. The van der Waals surface area contributed by atoms with Crippen molar-refractivity contribution in [2.24, 2.45) is 11.8 Å². The van der Waals surface area contributed by atoms with Gasteiger partial charge < -0.3 is 9.47 Å². The zero-order valence-corrected chi connectivity index (χ0v) is 14.7. The predicted octanol–water partition coefficient (Wildman–Crippen LogP) is 2.91. The average Bonchev–Trinajstić information content (AvgIpc) is 3.01. The lowest BCUT2D eigenvalue weighted by Gasteiger charge is -2.37. The monoisotopic (exact) mass is 338 g/mol. The molecule has 25 heavy (non-hydrogen) atoms. The van der Waals surface area contributed by atoms with Crippen molar-refractivity contribution >= 4 is 5.91 Å². The van der Waals surface area contributed by atoms with E-state index in [0.717, 1.165) is 51.1 Å². The third kappa shape index (κ3) is 3.75. The van der Waals surface area contributed by atoms with Crippen LogP contribution < -0.4 is 0 Å². The van der Waals surface area contributed by atoms with Crippen LogP contribution in [0.3, 0.4) is 0 Å². The lowest BCUT2D eigenvalue weighted by Crippen LogP contribution is -2.45. The van der Waals surface area contributed by atoms with Crippen molar-refractivity contribution in [3.63, 3.8) is 0 Å². The second-order valence-corrected chi connectivity index (χ2v) is 7.49. The van der Waals surface area contributed by atoms with Gasteiger partial charge in [0.25, 0.3) is 0 Å². The number of piperidine rings is 1. The van der Waals surface area contributed by atoms with E-state index in [-0.39, 0.29) is 0 Å². The van der Waals surface area contributed by atoms with Crippen molar-refractivity contribution in [3.05, 3.63) is 48.0 Å². The van der Waals surface area contributed by atoms with Crippen LogP contribution in [-0.4, -0.2) is 38.7 Å². The molecule has 2 heterocycles. The van der Waals surface area contributed by atoms with Crippen LogP contribution in [0, 0.1) is 11.8 Å². The number of hydrogen-bond donors (Lipinski definition) is 0. The number of likely N-dealkylation sites (tertiary alicyclic amines) is 1. The van der Waals surface area contributed by atoms with E-state index in [1.807, 2.05) is 12.4 Å². The van der Waals surface area contributed by atoms with Crippen molar-refractivity contribution in [2.45, 2.75) is 45.1 Å². The van der Waals surface area contributed by atoms with E-state index in [9.17, 15) is 4.79 Å². The molecule has 2 fully saturated rings. The normalized spacial score (nSPS) is 21.1. The van der Waals surface area contributed by atoms with Crippen LogP contribution in [0.5, 0.6) is 0 Å². The summed E-state index contributed by atoms with van der Waals surface area (Å²) in [5.74, 6) is 2.23. The summed E-state index contributed by atoms with van der Waals surface area (Å²) < 4.78 is 2.14. The summed E-state index contributed by atoms with van der Waals surface area (Å²) in [6.45, 7) is 2.62. The Labute approximate surface area is 149 Å². The molecule has 4 rings (SSSR count). The standard InChI is InChI=1S/C20H26N4O/c25-20(18-9-4-10-18)23-11-5-8-17(14-23)12-19-22-21-15-24(19)13-16-6-2-1-3-7-16/h1-3,6-7,15,17-18H,4-5,8-14H2. The van der Waals surface area contributed by atoms with Crippen molar-refractivity contribution < 1.29 is 4.79 Å². The fourth-order valence-electron chi connectivity index (χ4n) is 3.95. The smallest absolute Gasteiger partial charge is 0.225 e. The lowest BCUT2D eigenvalue weighted by atomic mass is 9.83. The molecule has 2 aliphatic rings. The van der Waals surface area contributed by atoms with Gasteiger partial charge in [0.1, 0.15) is 12.2 Å². The zero-order chi connectivity index (χ0) is 17.1. The highest BCUT2D eigenvalue weighted by Crippen LogP contribution is 2.30. The Morgan fingerprint density at radius 2 is 1.96 bits per heavy atom. The van der Waals surface area contributed by atoms with Gasteiger partial charge in [-0.15, -0.1) is 10.2 Å². The molecule has 5 heteroatoms. The van der Waals surface area contributed by atoms with Crippen molar-refractivity contribution in [1.29, 1.82) is 0 Å². The van der Waals surface area contributed by atoms with E-state index in [0.29, 0.717) is 17.7 Å². The molecule has 1 aliphatic heterocycles. The molecule has 0 spiro atoms. The summed E-state index contributed by atoms with van der Waals surface area (Å²) in [6.07, 6.45) is 8.40. The highest BCUT2D eigenvalue weighted by atomic mass is 16.2. The Morgan fingerprint density at radius 1 is 1.12 bits per heavy atom. The first kappa shape index (κ1) is 16.3. The average molecular weight is 338 g/mol. The van der Waals surface area contributed by atoms with E-state index < -0.39 is 0 Å². The Kier molecular flexibility index (Phi) is 4.81. The van der Waals surface area contributed by atoms with Gasteiger partial charge in [-0.25, -0.2) is 0 Å². The fourth-order valence-corrected chi connectivity index (χ4v) is 3.95. The Balaban J connectivity index is 1.38. The number of carbonyl (C=O) groups is 1. The third-order valence-corrected chi connectivity index (χ3v) is 5.65. The summed E-state index contributed by atoms with van der Waals surface area (Å²) >= 11 is 0. The van der Waals surface area contributed by atoms with Crippen molar-refractivity contribution in [1.82, 2.24) is 19.7 Å². The van der Waals surface area contributed by atoms with Crippen LogP contribution in [0.25, 0.3) is 0 Å². The van der Waals surface area contributed by atoms with E-state index in [4.69, 9.17) is 0 Å². The van der Waals surface area contributed by atoms with Crippen LogP contribution >= 0.6 is 0 Å². The topological polar surface area (TPSA) is 51.0 Å². The van der Waals surface area contributed by atoms with Gasteiger partial charge in [0.2, 0.25) is 5.91 Å². The second kappa shape index (κ2) is 7.38. The molecule has 0 N–H and O–H groups in total. The first-order valence-corrected chi connectivity index (χ1v) is 9.49. The van der Waals surface area contributed by atoms with Gasteiger partial charge in [-0.05, 0) is 37.2 Å². The molecule has 5 nitrogen and oxygen atoms in total. The van der Waals surface area contributed by atoms with Gasteiger partial charge >= 0.3 is 0 Å². The minimum Gasteiger partial charge on any atom is -0.342 e. The zero-order valence-electron chi connectivity index (χ0n) is 14.7. The molecular weight excluding hydrogens is 312 g/mol. The molecule has 1 aromatic carbocycles. The maximum Gasteiger partial charge on any atom is 0.225 e. The Bertz CT molecular complexity index is 707. The van der Waals surface area contributed by atoms with E-state index in [2.05, 4.69) is 43.9 Å². The van der Waals surface area contributed by atoms with Gasteiger partial charge in [0.15, 0.2) is 0 Å². The molecule has 1 saturated heterocycles. The molecule has 1 aliphatic carbocycles. The highest BCUT2D eigenvalue weighted by molar-refractivity contribution is 5.79. The number of hydrogen-bond acceptors (Lipinski definition) is 3. The minimum atomic E-state index is 0.306. The number of aromatic nitrogens is 3. The van der Waals surface area contributed by atoms with Gasteiger partial charge in [-0.1, -0.05) is 36.8 Å². The number of carbonyl (C=O) groups excluding carboxylic acids is 1. The molecule has 1 aromatic heterocycles. The first-order chi connectivity index (χ1) is 12.3. The molecule has 1 unspecified atom stereocenters. The van der Waals surface area contributed by atoms with Crippen LogP contribution in [0.2, 0.25) is 0 Å². The van der Waals surface area contributed by atoms with Gasteiger partial charge in [-0.2, -0.15) is 0 Å². The predicted molar refractivity (Wildman–Crippen MR) is 95.9 cm³/mol. The van der Waals surface area contributed by atoms with Crippen LogP contribution in [0.1, 0.15) is 43.5 Å². The molecule has 0 radical (unpaired) electrons. The molecular formula is C20H26N4O. The maximum atomic E-state index is 12.5. The van der Waals surface area contributed by atoms with Crippen LogP contribution in [0.4, 0.5) is 0 Å². The molecule has 1 amide bonds. The van der Waals surface area contributed by atoms with Gasteiger partial charge in [0, 0.05) is 25.4 Å². The number of nitrogens with zero attached hydrogens (tertiary/aromatic N) is 4. The molecule has 1 saturated carbocycles. The maximum absolute atomic E-state index is 12.5. The molecule has 132 valence electrons. The second-order valence-electron chi connectivity index (χ2n) is 7.49. The lowest BCUT2D eigenvalue weighted by molar-refractivity contribution is -0.140. The fraction of sp³-hybridized carbons (Fsp3) is 0.550. The van der Waals surface area contributed by atoms with Gasteiger partial charge in [0.05, 0.1) is 6.54 Å². The van der Waals surface area contributed by atoms with Crippen LogP contribution in [-0.2, 0) is 17.8 Å². The molecule has 1 atom stereocenters. The number of benzene rings is 1. The van der Waals surface area contributed by atoms with E-state index in [1.54, 1.807) is 0 Å².